The van der Waals surface area contributed by atoms with Crippen molar-refractivity contribution in [2.75, 3.05) is 25.6 Å². The number of nitrogens with one attached hydrogen (secondary N) is 1. The van der Waals surface area contributed by atoms with Gasteiger partial charge in [-0.25, -0.2) is 9.78 Å². The van der Waals surface area contributed by atoms with Crippen LogP contribution in [0, 0.1) is 0 Å². The SMILES string of the molecule is COCCOC(=O)c1ccccc1Nc1nc(Cl)ncc1Cl. The van der Waals surface area contributed by atoms with Crippen molar-refractivity contribution in [1.82, 2.24) is 9.97 Å². The van der Waals surface area contributed by atoms with Crippen LogP contribution in [0.4, 0.5) is 11.5 Å². The van der Waals surface area contributed by atoms with Gasteiger partial charge >= 0.3 is 5.97 Å². The van der Waals surface area contributed by atoms with Crippen LogP contribution in [0.5, 0.6) is 0 Å². The summed E-state index contributed by atoms with van der Waals surface area (Å²) in [6.45, 7) is 0.498. The Morgan fingerprint density at radius 2 is 2.05 bits per heavy atom. The molecule has 22 heavy (non-hydrogen) atoms. The number of aromatic nitrogens is 2. The molecule has 1 aromatic carbocycles. The molecule has 0 aliphatic heterocycles. The molecule has 0 amide bonds. The summed E-state index contributed by atoms with van der Waals surface area (Å²) in [7, 11) is 1.53. The Kier molecular flexibility index (Phi) is 5.94. The largest absolute Gasteiger partial charge is 0.460 e. The normalized spacial score (nSPS) is 10.3. The summed E-state index contributed by atoms with van der Waals surface area (Å²) in [6, 6.07) is 6.84. The summed E-state index contributed by atoms with van der Waals surface area (Å²) in [6.07, 6.45) is 1.37. The molecule has 0 unspecified atom stereocenters. The zero-order chi connectivity index (χ0) is 15.9. The first-order valence-electron chi connectivity index (χ1n) is 6.32. The molecule has 1 N–H and O–H groups in total. The van der Waals surface area contributed by atoms with Crippen LogP contribution in [0.15, 0.2) is 30.5 Å². The molecule has 0 aliphatic carbocycles. The third kappa shape index (κ3) is 4.30. The second kappa shape index (κ2) is 7.93. The van der Waals surface area contributed by atoms with E-state index in [-0.39, 0.29) is 16.9 Å². The van der Waals surface area contributed by atoms with Crippen molar-refractivity contribution in [3.63, 3.8) is 0 Å². The monoisotopic (exact) mass is 341 g/mol. The molecule has 0 atom stereocenters. The third-order valence-corrected chi connectivity index (χ3v) is 3.09. The lowest BCUT2D eigenvalue weighted by Crippen LogP contribution is -2.12. The number of anilines is 2. The smallest absolute Gasteiger partial charge is 0.340 e. The molecule has 2 aromatic rings. The maximum Gasteiger partial charge on any atom is 0.340 e. The molecular formula is C14H13Cl2N3O3. The van der Waals surface area contributed by atoms with Gasteiger partial charge in [0.1, 0.15) is 11.6 Å². The minimum Gasteiger partial charge on any atom is -0.460 e. The predicted molar refractivity (Wildman–Crippen MR) is 83.9 cm³/mol. The van der Waals surface area contributed by atoms with Gasteiger partial charge in [-0.05, 0) is 23.7 Å². The van der Waals surface area contributed by atoms with Crippen LogP contribution in [-0.4, -0.2) is 36.3 Å². The summed E-state index contributed by atoms with van der Waals surface area (Å²) < 4.78 is 9.95. The molecular weight excluding hydrogens is 329 g/mol. The molecule has 0 fully saturated rings. The number of hydrogen-bond acceptors (Lipinski definition) is 6. The Bertz CT molecular complexity index is 668. The van der Waals surface area contributed by atoms with Crippen LogP contribution in [0.2, 0.25) is 10.3 Å². The van der Waals surface area contributed by atoms with Crippen LogP contribution in [0.1, 0.15) is 10.4 Å². The van der Waals surface area contributed by atoms with Gasteiger partial charge in [-0.15, -0.1) is 0 Å². The van der Waals surface area contributed by atoms with Crippen LogP contribution < -0.4 is 5.32 Å². The lowest BCUT2D eigenvalue weighted by Gasteiger charge is -2.12. The van der Waals surface area contributed by atoms with Gasteiger partial charge in [0.25, 0.3) is 0 Å². The zero-order valence-electron chi connectivity index (χ0n) is 11.7. The van der Waals surface area contributed by atoms with Crippen molar-refractivity contribution in [2.24, 2.45) is 0 Å². The quantitative estimate of drug-likeness (QED) is 0.493. The molecule has 6 nitrogen and oxygen atoms in total. The zero-order valence-corrected chi connectivity index (χ0v) is 13.2. The van der Waals surface area contributed by atoms with E-state index in [0.717, 1.165) is 0 Å². The molecule has 0 bridgehead atoms. The number of benzene rings is 1. The number of carbonyl (C=O) groups excluding carboxylic acids is 1. The Labute approximate surface area is 137 Å². The third-order valence-electron chi connectivity index (χ3n) is 2.64. The Balaban J connectivity index is 2.21. The van der Waals surface area contributed by atoms with E-state index in [9.17, 15) is 4.79 Å². The molecule has 8 heteroatoms. The second-order valence-corrected chi connectivity index (χ2v) is 4.88. The molecule has 1 heterocycles. The fraction of sp³-hybridized carbons (Fsp3) is 0.214. The molecule has 0 spiro atoms. The highest BCUT2D eigenvalue weighted by atomic mass is 35.5. The van der Waals surface area contributed by atoms with Gasteiger partial charge in [-0.3, -0.25) is 0 Å². The van der Waals surface area contributed by atoms with Crippen molar-refractivity contribution in [1.29, 1.82) is 0 Å². The summed E-state index contributed by atoms with van der Waals surface area (Å²) in [5.41, 5.74) is 0.853. The summed E-state index contributed by atoms with van der Waals surface area (Å²) in [4.78, 5) is 19.8. The Hall–Kier alpha value is -1.89. The van der Waals surface area contributed by atoms with Crippen molar-refractivity contribution in [3.8, 4) is 0 Å². The number of halogens is 2. The number of rotatable bonds is 6. The average Bonchev–Trinajstić information content (AvgIpc) is 2.51. The van der Waals surface area contributed by atoms with E-state index in [1.54, 1.807) is 24.3 Å². The topological polar surface area (TPSA) is 73.3 Å². The van der Waals surface area contributed by atoms with Gasteiger partial charge < -0.3 is 14.8 Å². The summed E-state index contributed by atoms with van der Waals surface area (Å²) in [5, 5.41) is 3.29. The van der Waals surface area contributed by atoms with Crippen LogP contribution in [0.25, 0.3) is 0 Å². The summed E-state index contributed by atoms with van der Waals surface area (Å²) >= 11 is 11.7. The van der Waals surface area contributed by atoms with E-state index >= 15 is 0 Å². The number of carbonyl (C=O) groups is 1. The van der Waals surface area contributed by atoms with Gasteiger partial charge in [0.15, 0.2) is 5.82 Å². The molecule has 1 aromatic heterocycles. The van der Waals surface area contributed by atoms with E-state index < -0.39 is 5.97 Å². The highest BCUT2D eigenvalue weighted by Crippen LogP contribution is 2.26. The maximum atomic E-state index is 12.1. The number of para-hydroxylation sites is 1. The first-order chi connectivity index (χ1) is 10.6. The first kappa shape index (κ1) is 16.5. The standard InChI is InChI=1S/C14H13Cl2N3O3/c1-21-6-7-22-13(20)9-4-2-3-5-11(9)18-12-10(15)8-17-14(16)19-12/h2-5,8H,6-7H2,1H3,(H,17,18,19). The van der Waals surface area contributed by atoms with Crippen LogP contribution >= 0.6 is 23.2 Å². The Morgan fingerprint density at radius 1 is 1.27 bits per heavy atom. The van der Waals surface area contributed by atoms with E-state index in [1.165, 1.54) is 13.3 Å². The average molecular weight is 342 g/mol. The van der Waals surface area contributed by atoms with Gasteiger partial charge in [0.2, 0.25) is 5.28 Å². The van der Waals surface area contributed by atoms with Crippen molar-refractivity contribution in [3.05, 3.63) is 46.3 Å². The van der Waals surface area contributed by atoms with Crippen LogP contribution in [-0.2, 0) is 9.47 Å². The molecule has 0 aliphatic rings. The fourth-order valence-corrected chi connectivity index (χ4v) is 1.90. The van der Waals surface area contributed by atoms with E-state index in [2.05, 4.69) is 15.3 Å². The number of ether oxygens (including phenoxy) is 2. The number of esters is 1. The number of nitrogens with zero attached hydrogens (tertiary/aromatic N) is 2. The maximum absolute atomic E-state index is 12.1. The summed E-state index contributed by atoms with van der Waals surface area (Å²) in [5.74, 6) is -0.171. The molecule has 0 saturated heterocycles. The first-order valence-corrected chi connectivity index (χ1v) is 7.07. The molecule has 0 saturated carbocycles. The van der Waals surface area contributed by atoms with Crippen LogP contribution in [0.3, 0.4) is 0 Å². The van der Waals surface area contributed by atoms with E-state index in [0.29, 0.717) is 23.7 Å². The number of methoxy groups -OCH3 is 1. The second-order valence-electron chi connectivity index (χ2n) is 4.13. The molecule has 2 rings (SSSR count). The molecule has 0 radical (unpaired) electrons. The number of hydrogen-bond donors (Lipinski definition) is 1. The Morgan fingerprint density at radius 3 is 2.82 bits per heavy atom. The highest BCUT2D eigenvalue weighted by molar-refractivity contribution is 6.33. The lowest BCUT2D eigenvalue weighted by atomic mass is 10.2. The highest BCUT2D eigenvalue weighted by Gasteiger charge is 2.14. The van der Waals surface area contributed by atoms with Gasteiger partial charge in [-0.2, -0.15) is 4.98 Å². The van der Waals surface area contributed by atoms with Crippen molar-refractivity contribution >= 4 is 40.7 Å². The minimum absolute atomic E-state index is 0.0482. The van der Waals surface area contributed by atoms with Crippen molar-refractivity contribution < 1.29 is 14.3 Å². The predicted octanol–water partition coefficient (Wildman–Crippen LogP) is 3.33. The van der Waals surface area contributed by atoms with E-state index in [4.69, 9.17) is 32.7 Å². The molecule has 116 valence electrons. The minimum atomic E-state index is -0.476. The van der Waals surface area contributed by atoms with Gasteiger partial charge in [0.05, 0.1) is 24.1 Å². The van der Waals surface area contributed by atoms with Gasteiger partial charge in [-0.1, -0.05) is 23.7 Å². The van der Waals surface area contributed by atoms with Gasteiger partial charge in [0, 0.05) is 7.11 Å². The van der Waals surface area contributed by atoms with Crippen molar-refractivity contribution in [2.45, 2.75) is 0 Å². The fourth-order valence-electron chi connectivity index (χ4n) is 1.63. The van der Waals surface area contributed by atoms with E-state index in [1.807, 2.05) is 0 Å². The lowest BCUT2D eigenvalue weighted by molar-refractivity contribution is 0.0389.